The van der Waals surface area contributed by atoms with Gasteiger partial charge in [-0.2, -0.15) is 0 Å². The number of ketones is 2. The molecule has 1 fully saturated rings. The summed E-state index contributed by atoms with van der Waals surface area (Å²) < 4.78 is 82.4. The van der Waals surface area contributed by atoms with Crippen molar-refractivity contribution in [2.24, 2.45) is 5.92 Å². The number of carbonyl (C=O) groups excluding carboxylic acids is 3. The third-order valence-corrected chi connectivity index (χ3v) is 8.46. The first-order valence-electron chi connectivity index (χ1n) is 12.6. The first-order valence-corrected chi connectivity index (χ1v) is 14.1. The zero-order valence-corrected chi connectivity index (χ0v) is 25.2. The van der Waals surface area contributed by atoms with Crippen molar-refractivity contribution >= 4 is 69.6 Å². The fourth-order valence-corrected chi connectivity index (χ4v) is 5.85. The highest BCUT2D eigenvalue weighted by Crippen LogP contribution is 2.65. The Bertz CT molecular complexity index is 1650. The largest absolute Gasteiger partial charge is 0.523 e. The standard InChI is InChI=1S/C29H19Cl4F6NO4/c1-12(44-29(37,38)39)22(41)11-17-20(34)6-3-14(26(17)36)9-23(42)16-10-15(4-5-18(16)30)40-27(43)25-24(28(25,32)33)13-2-7-21(35)19(31)8-13/h2-8,10,12,24-25H,9,11H2,1H3,(H,40,43)/t12?,24-,25+/m0/s1. The number of hydrogen-bond donors (Lipinski definition) is 1. The van der Waals surface area contributed by atoms with Crippen molar-refractivity contribution in [2.45, 2.75) is 42.5 Å². The van der Waals surface area contributed by atoms with Gasteiger partial charge in [-0.05, 0) is 54.4 Å². The van der Waals surface area contributed by atoms with Crippen molar-refractivity contribution in [3.63, 3.8) is 0 Å². The minimum Gasteiger partial charge on any atom is -0.326 e. The van der Waals surface area contributed by atoms with Crippen LogP contribution >= 0.6 is 46.4 Å². The van der Waals surface area contributed by atoms with Crippen LogP contribution in [-0.2, 0) is 27.2 Å². The van der Waals surface area contributed by atoms with Crippen LogP contribution in [0, 0.1) is 23.4 Å². The Morgan fingerprint density at radius 1 is 0.932 bits per heavy atom. The quantitative estimate of drug-likeness (QED) is 0.131. The molecule has 3 aromatic carbocycles. The van der Waals surface area contributed by atoms with Gasteiger partial charge in [0.25, 0.3) is 0 Å². The molecule has 15 heteroatoms. The van der Waals surface area contributed by atoms with E-state index in [0.717, 1.165) is 25.1 Å². The van der Waals surface area contributed by atoms with Crippen molar-refractivity contribution in [3.05, 3.63) is 98.3 Å². The number of halogens is 10. The highest BCUT2D eigenvalue weighted by molar-refractivity contribution is 6.53. The van der Waals surface area contributed by atoms with Gasteiger partial charge in [0.05, 0.1) is 16.0 Å². The van der Waals surface area contributed by atoms with E-state index in [1.54, 1.807) is 0 Å². The van der Waals surface area contributed by atoms with Crippen molar-refractivity contribution in [2.75, 3.05) is 5.32 Å². The first-order chi connectivity index (χ1) is 20.4. The zero-order chi connectivity index (χ0) is 32.7. The van der Waals surface area contributed by atoms with Gasteiger partial charge < -0.3 is 5.32 Å². The van der Waals surface area contributed by atoms with E-state index in [2.05, 4.69) is 10.1 Å². The normalized spacial score (nSPS) is 18.1. The first kappa shape index (κ1) is 34.1. The lowest BCUT2D eigenvalue weighted by Gasteiger charge is -2.15. The summed E-state index contributed by atoms with van der Waals surface area (Å²) in [4.78, 5) is 38.2. The molecule has 0 heterocycles. The average Bonchev–Trinajstić information content (AvgIpc) is 3.51. The smallest absolute Gasteiger partial charge is 0.326 e. The minimum atomic E-state index is -5.14. The Balaban J connectivity index is 1.49. The van der Waals surface area contributed by atoms with E-state index in [0.29, 0.717) is 5.56 Å². The summed E-state index contributed by atoms with van der Waals surface area (Å²) in [6.07, 6.45) is -8.91. The second-order valence-corrected chi connectivity index (χ2v) is 12.2. The van der Waals surface area contributed by atoms with E-state index in [-0.39, 0.29) is 26.9 Å². The summed E-state index contributed by atoms with van der Waals surface area (Å²) in [6, 6.07) is 9.40. The molecule has 1 amide bonds. The number of Topliss-reactive ketones (excluding diaryl/α,β-unsaturated/α-hetero) is 2. The minimum absolute atomic E-state index is 0.0710. The highest BCUT2D eigenvalue weighted by Gasteiger charge is 2.67. The van der Waals surface area contributed by atoms with E-state index in [4.69, 9.17) is 46.4 Å². The predicted molar refractivity (Wildman–Crippen MR) is 152 cm³/mol. The molecule has 0 aromatic heterocycles. The van der Waals surface area contributed by atoms with Gasteiger partial charge in [0.1, 0.15) is 27.9 Å². The molecule has 0 saturated heterocycles. The van der Waals surface area contributed by atoms with Crippen molar-refractivity contribution in [3.8, 4) is 0 Å². The van der Waals surface area contributed by atoms with Gasteiger partial charge in [0.15, 0.2) is 11.6 Å². The number of carbonyl (C=O) groups is 3. The summed E-state index contributed by atoms with van der Waals surface area (Å²) in [6.45, 7) is 0.787. The molecule has 1 aliphatic carbocycles. The number of nitrogens with one attached hydrogen (secondary N) is 1. The van der Waals surface area contributed by atoms with E-state index >= 15 is 4.39 Å². The van der Waals surface area contributed by atoms with E-state index in [1.165, 1.54) is 30.3 Å². The van der Waals surface area contributed by atoms with Crippen LogP contribution in [0.15, 0.2) is 48.5 Å². The second kappa shape index (κ2) is 12.9. The van der Waals surface area contributed by atoms with Gasteiger partial charge >= 0.3 is 6.36 Å². The van der Waals surface area contributed by atoms with Gasteiger partial charge in [0, 0.05) is 35.6 Å². The fraction of sp³-hybridized carbons (Fsp3) is 0.276. The molecule has 1 aliphatic rings. The van der Waals surface area contributed by atoms with E-state index < -0.39 is 82.0 Å². The molecule has 1 unspecified atom stereocenters. The van der Waals surface area contributed by atoms with Crippen LogP contribution < -0.4 is 5.32 Å². The van der Waals surface area contributed by atoms with E-state index in [9.17, 15) is 36.3 Å². The summed E-state index contributed by atoms with van der Waals surface area (Å²) in [5.41, 5.74) is -0.824. The van der Waals surface area contributed by atoms with Gasteiger partial charge in [0.2, 0.25) is 5.91 Å². The average molecular weight is 701 g/mol. The highest BCUT2D eigenvalue weighted by atomic mass is 35.5. The van der Waals surface area contributed by atoms with Crippen LogP contribution in [0.5, 0.6) is 0 Å². The maximum Gasteiger partial charge on any atom is 0.523 e. The monoisotopic (exact) mass is 699 g/mol. The molecular weight excluding hydrogens is 682 g/mol. The summed E-state index contributed by atoms with van der Waals surface area (Å²) >= 11 is 24.7. The van der Waals surface area contributed by atoms with Gasteiger partial charge in [-0.3, -0.25) is 19.1 Å². The second-order valence-electron chi connectivity index (χ2n) is 9.94. The Labute approximate surface area is 266 Å². The molecule has 1 N–H and O–H groups in total. The number of hydrogen-bond acceptors (Lipinski definition) is 4. The lowest BCUT2D eigenvalue weighted by molar-refractivity contribution is -0.335. The maximum atomic E-state index is 15.2. The molecule has 0 spiro atoms. The number of alkyl halides is 5. The molecule has 5 nitrogen and oxygen atoms in total. The molecule has 3 atom stereocenters. The lowest BCUT2D eigenvalue weighted by Crippen LogP contribution is -2.30. The number of amides is 1. The van der Waals surface area contributed by atoms with Crippen LogP contribution in [0.4, 0.5) is 32.0 Å². The van der Waals surface area contributed by atoms with Gasteiger partial charge in [-0.1, -0.05) is 35.3 Å². The third-order valence-electron chi connectivity index (χ3n) is 6.90. The predicted octanol–water partition coefficient (Wildman–Crippen LogP) is 8.40. The summed E-state index contributed by atoms with van der Waals surface area (Å²) in [5, 5.41) is 2.32. The molecule has 44 heavy (non-hydrogen) atoms. The van der Waals surface area contributed by atoms with Crippen molar-refractivity contribution in [1.82, 2.24) is 0 Å². The molecule has 1 saturated carbocycles. The van der Waals surface area contributed by atoms with E-state index in [1.807, 2.05) is 0 Å². The Morgan fingerprint density at radius 3 is 2.23 bits per heavy atom. The Hall–Kier alpha value is -2.83. The molecule has 0 bridgehead atoms. The van der Waals surface area contributed by atoms with Crippen molar-refractivity contribution in [1.29, 1.82) is 0 Å². The van der Waals surface area contributed by atoms with Crippen molar-refractivity contribution < 1.29 is 45.5 Å². The topological polar surface area (TPSA) is 72.5 Å². The Morgan fingerprint density at radius 2 is 1.59 bits per heavy atom. The van der Waals surface area contributed by atoms with Crippen LogP contribution in [0.25, 0.3) is 0 Å². The number of ether oxygens (including phenoxy) is 1. The van der Waals surface area contributed by atoms with Crippen LogP contribution in [0.3, 0.4) is 0 Å². The molecule has 0 aliphatic heterocycles. The summed E-state index contributed by atoms with van der Waals surface area (Å²) in [5.74, 6) is -7.50. The maximum absolute atomic E-state index is 15.2. The molecular formula is C29H19Cl4F6NO4. The number of rotatable bonds is 10. The molecule has 234 valence electrons. The SMILES string of the molecule is CC(OC(F)(F)F)C(=O)Cc1c(F)ccc(CC(=O)c2cc(NC(=O)[C@H]3[C@H](c4ccc(F)c(Cl)c4)C3(Cl)Cl)ccc2Cl)c1F. The van der Waals surface area contributed by atoms with Crippen LogP contribution in [0.2, 0.25) is 10.0 Å². The molecule has 4 rings (SSSR count). The van der Waals surface area contributed by atoms with Crippen LogP contribution in [-0.4, -0.2) is 34.3 Å². The Kier molecular flexibility index (Phi) is 9.97. The summed E-state index contributed by atoms with van der Waals surface area (Å²) in [7, 11) is 0. The van der Waals surface area contributed by atoms with Gasteiger partial charge in [-0.25, -0.2) is 13.2 Å². The molecule has 3 aromatic rings. The number of anilines is 1. The fourth-order valence-electron chi connectivity index (χ4n) is 4.61. The zero-order valence-electron chi connectivity index (χ0n) is 22.2. The number of benzene rings is 3. The van der Waals surface area contributed by atoms with Crippen LogP contribution in [0.1, 0.15) is 39.9 Å². The third kappa shape index (κ3) is 7.51. The molecule has 0 radical (unpaired) electrons. The lowest BCUT2D eigenvalue weighted by atomic mass is 9.97. The van der Waals surface area contributed by atoms with Gasteiger partial charge in [-0.15, -0.1) is 36.4 Å².